The molecule has 0 N–H and O–H groups in total. The van der Waals surface area contributed by atoms with Crippen LogP contribution in [-0.2, 0) is 0 Å². The van der Waals surface area contributed by atoms with Gasteiger partial charge in [0.15, 0.2) is 0 Å². The van der Waals surface area contributed by atoms with Gasteiger partial charge >= 0.3 is 0 Å². The molecule has 0 aromatic carbocycles. The van der Waals surface area contributed by atoms with Crippen LogP contribution in [0.2, 0.25) is 18.1 Å². The minimum atomic E-state index is -2.15. The molecule has 0 saturated heterocycles. The van der Waals surface area contributed by atoms with Gasteiger partial charge in [-0.2, -0.15) is 0 Å². The Morgan fingerprint density at radius 3 is 1.94 bits per heavy atom. The molecule has 0 aliphatic rings. The van der Waals surface area contributed by atoms with Crippen molar-refractivity contribution in [3.05, 3.63) is 11.8 Å². The van der Waals surface area contributed by atoms with E-state index in [2.05, 4.69) is 19.9 Å². The molecule has 0 unspecified atom stereocenters. The van der Waals surface area contributed by atoms with Gasteiger partial charge in [0, 0.05) is 0 Å². The first kappa shape index (κ1) is 19.3. The molecule has 0 nitrogen and oxygen atoms in total. The third kappa shape index (κ3) is 11.2. The molecule has 0 rings (SSSR count). The number of hydrogen-bond donors (Lipinski definition) is 0. The summed E-state index contributed by atoms with van der Waals surface area (Å²) in [5.41, 5.74) is 2.02. The van der Waals surface area contributed by atoms with E-state index in [1.807, 2.05) is 5.70 Å². The van der Waals surface area contributed by atoms with Crippen LogP contribution in [-0.4, -0.2) is 13.4 Å². The van der Waals surface area contributed by atoms with Gasteiger partial charge in [-0.1, -0.05) is 51.3 Å². The summed E-state index contributed by atoms with van der Waals surface area (Å²) in [7, 11) is 0. The van der Waals surface area contributed by atoms with E-state index in [9.17, 15) is 0 Å². The lowest BCUT2D eigenvalue weighted by molar-refractivity contribution is 0.871. The van der Waals surface area contributed by atoms with Crippen LogP contribution in [0.15, 0.2) is 11.8 Å². The average Bonchev–Trinajstić information content (AvgIpc) is 2.30. The summed E-state index contributed by atoms with van der Waals surface area (Å²) >= 11 is 25.4. The van der Waals surface area contributed by atoms with Crippen molar-refractivity contribution in [2.24, 2.45) is 0 Å². The standard InChI is InChI=1S/C12H24Cl4Si2/c1-3-5-9-17(13,14)11-7-8-12-18(15,16)10-6-4-2/h7,11H,3-6,8-10,12H2,1-2H3/b11-7+. The average molecular weight is 366 g/mol. The summed E-state index contributed by atoms with van der Waals surface area (Å²) in [6.07, 6.45) is 7.51. The van der Waals surface area contributed by atoms with Crippen molar-refractivity contribution in [2.45, 2.75) is 64.1 Å². The smallest absolute Gasteiger partial charge is 0.146 e. The van der Waals surface area contributed by atoms with Crippen molar-refractivity contribution < 1.29 is 0 Å². The third-order valence-corrected chi connectivity index (χ3v) is 10.8. The zero-order chi connectivity index (χ0) is 14.1. The van der Waals surface area contributed by atoms with E-state index >= 15 is 0 Å². The Bertz CT molecular complexity index is 242. The van der Waals surface area contributed by atoms with Gasteiger partial charge in [0.1, 0.15) is 0 Å². The molecule has 0 spiro atoms. The fraction of sp³-hybridized carbons (Fsp3) is 0.833. The molecule has 18 heavy (non-hydrogen) atoms. The predicted molar refractivity (Wildman–Crippen MR) is 92.9 cm³/mol. The molecule has 0 fully saturated rings. The number of allylic oxidation sites excluding steroid dienone is 1. The van der Waals surface area contributed by atoms with Crippen molar-refractivity contribution in [1.29, 1.82) is 0 Å². The first-order chi connectivity index (χ1) is 8.33. The van der Waals surface area contributed by atoms with E-state index in [1.165, 1.54) is 0 Å². The number of halogens is 4. The molecule has 0 aromatic rings. The molecular weight excluding hydrogens is 342 g/mol. The Kier molecular flexibility index (Phi) is 10.9. The van der Waals surface area contributed by atoms with E-state index in [0.717, 1.165) is 50.2 Å². The lowest BCUT2D eigenvalue weighted by Gasteiger charge is -2.15. The van der Waals surface area contributed by atoms with Crippen LogP contribution >= 0.6 is 44.3 Å². The highest BCUT2D eigenvalue weighted by Crippen LogP contribution is 2.30. The maximum absolute atomic E-state index is 6.36. The van der Waals surface area contributed by atoms with E-state index in [-0.39, 0.29) is 0 Å². The van der Waals surface area contributed by atoms with Crippen molar-refractivity contribution >= 4 is 57.7 Å². The molecule has 0 atom stereocenters. The van der Waals surface area contributed by atoms with Crippen molar-refractivity contribution in [3.8, 4) is 0 Å². The summed E-state index contributed by atoms with van der Waals surface area (Å²) in [5.74, 6) is 0. The van der Waals surface area contributed by atoms with Gasteiger partial charge in [-0.15, -0.1) is 44.3 Å². The summed E-state index contributed by atoms with van der Waals surface area (Å²) in [4.78, 5) is 0. The van der Waals surface area contributed by atoms with E-state index in [4.69, 9.17) is 44.3 Å². The number of unbranched alkanes of at least 4 members (excludes halogenated alkanes) is 2. The van der Waals surface area contributed by atoms with Gasteiger partial charge in [-0.3, -0.25) is 0 Å². The van der Waals surface area contributed by atoms with Gasteiger partial charge in [0.05, 0.1) is 0 Å². The zero-order valence-corrected chi connectivity index (χ0v) is 16.3. The Hall–Kier alpha value is 1.33. The summed E-state index contributed by atoms with van der Waals surface area (Å²) < 4.78 is 0. The highest BCUT2D eigenvalue weighted by atomic mass is 35.7. The van der Waals surface area contributed by atoms with E-state index in [0.29, 0.717) is 0 Å². The molecule has 0 radical (unpaired) electrons. The van der Waals surface area contributed by atoms with Crippen LogP contribution < -0.4 is 0 Å². The fourth-order valence-electron chi connectivity index (χ4n) is 1.61. The largest absolute Gasteiger partial charge is 0.273 e. The maximum atomic E-state index is 6.36. The van der Waals surface area contributed by atoms with E-state index < -0.39 is 13.4 Å². The SMILES string of the molecule is CCCC[Si](Cl)(Cl)/C=C/CC[Si](Cl)(Cl)CCCC. The molecular formula is C12H24Cl4Si2. The lowest BCUT2D eigenvalue weighted by Crippen LogP contribution is -2.18. The molecule has 6 heteroatoms. The Labute approximate surface area is 133 Å². The molecule has 0 saturated carbocycles. The summed E-state index contributed by atoms with van der Waals surface area (Å²) in [6, 6.07) is 2.82. The van der Waals surface area contributed by atoms with Crippen molar-refractivity contribution in [3.63, 3.8) is 0 Å². The highest BCUT2D eigenvalue weighted by molar-refractivity contribution is 7.47. The number of rotatable bonds is 10. The molecule has 0 bridgehead atoms. The molecule has 0 aliphatic carbocycles. The van der Waals surface area contributed by atoms with Crippen molar-refractivity contribution in [1.82, 2.24) is 0 Å². The quantitative estimate of drug-likeness (QED) is 0.291. The van der Waals surface area contributed by atoms with Crippen molar-refractivity contribution in [2.75, 3.05) is 0 Å². The van der Waals surface area contributed by atoms with Gasteiger partial charge in [0.2, 0.25) is 0 Å². The molecule has 0 aliphatic heterocycles. The van der Waals surface area contributed by atoms with Gasteiger partial charge in [0.25, 0.3) is 13.4 Å². The second kappa shape index (κ2) is 10.1. The van der Waals surface area contributed by atoms with Crippen LogP contribution in [0.3, 0.4) is 0 Å². The number of hydrogen-bond acceptors (Lipinski definition) is 0. The summed E-state index contributed by atoms with van der Waals surface area (Å²) in [6.45, 7) is 0.133. The van der Waals surface area contributed by atoms with Gasteiger partial charge < -0.3 is 0 Å². The first-order valence-electron chi connectivity index (χ1n) is 6.76. The minimum absolute atomic E-state index is 0.901. The van der Waals surface area contributed by atoms with Gasteiger partial charge in [-0.25, -0.2) is 0 Å². The molecule has 0 aromatic heterocycles. The maximum Gasteiger partial charge on any atom is 0.273 e. The van der Waals surface area contributed by atoms with Crippen LogP contribution in [0.25, 0.3) is 0 Å². The van der Waals surface area contributed by atoms with Gasteiger partial charge in [-0.05, 0) is 24.6 Å². The van der Waals surface area contributed by atoms with E-state index in [1.54, 1.807) is 0 Å². The normalized spacial score (nSPS) is 13.4. The fourth-order valence-corrected chi connectivity index (χ4v) is 7.61. The van der Waals surface area contributed by atoms with Crippen LogP contribution in [0.4, 0.5) is 0 Å². The van der Waals surface area contributed by atoms with Crippen LogP contribution in [0.5, 0.6) is 0 Å². The Balaban J connectivity index is 3.94. The second-order valence-electron chi connectivity index (χ2n) is 4.77. The van der Waals surface area contributed by atoms with Crippen LogP contribution in [0.1, 0.15) is 46.0 Å². The Morgan fingerprint density at radius 1 is 0.833 bits per heavy atom. The monoisotopic (exact) mass is 364 g/mol. The van der Waals surface area contributed by atoms with Crippen LogP contribution in [0, 0.1) is 0 Å². The zero-order valence-electron chi connectivity index (χ0n) is 11.3. The molecule has 0 amide bonds. The molecule has 0 heterocycles. The summed E-state index contributed by atoms with van der Waals surface area (Å²) in [5, 5.41) is 0. The second-order valence-corrected chi connectivity index (χ2v) is 19.4. The first-order valence-corrected chi connectivity index (χ1v) is 15.5. The topological polar surface area (TPSA) is 0 Å². The molecule has 108 valence electrons. The lowest BCUT2D eigenvalue weighted by atomic mass is 10.4. The third-order valence-electron chi connectivity index (χ3n) is 2.80. The highest BCUT2D eigenvalue weighted by Gasteiger charge is 2.27. The minimum Gasteiger partial charge on any atom is -0.146 e. The predicted octanol–water partition coefficient (Wildman–Crippen LogP) is 6.91. The Morgan fingerprint density at radius 2 is 1.39 bits per heavy atom.